The highest BCUT2D eigenvalue weighted by Crippen LogP contribution is 2.31. The molecule has 0 saturated heterocycles. The fraction of sp³-hybridized carbons (Fsp3) is 0.194. The number of esters is 1. The van der Waals surface area contributed by atoms with Crippen LogP contribution in [-0.2, 0) is 16.1 Å². The number of thiazole rings is 1. The lowest BCUT2D eigenvalue weighted by Gasteiger charge is -2.24. The van der Waals surface area contributed by atoms with Crippen molar-refractivity contribution < 1.29 is 14.3 Å². The standard InChI is InChI=1S/C31H26BrIN2O4S/c1-4-38-30(37)27-19(3)34-31-35(28(27)21-9-5-18(2)6-10-21)29(36)26(40-31)16-22-15-23(32)11-14-25(22)39-17-20-7-12-24(33)13-8-20/h5-16,28H,4,17H2,1-3H3/b26-16+/t28-/m0/s1. The van der Waals surface area contributed by atoms with E-state index in [-0.39, 0.29) is 12.2 Å². The summed E-state index contributed by atoms with van der Waals surface area (Å²) in [7, 11) is 0. The van der Waals surface area contributed by atoms with E-state index in [0.717, 1.165) is 30.3 Å². The molecule has 1 aliphatic heterocycles. The van der Waals surface area contributed by atoms with Crippen LogP contribution in [0.3, 0.4) is 0 Å². The maximum atomic E-state index is 14.0. The Bertz CT molecular complexity index is 1790. The van der Waals surface area contributed by atoms with Crippen molar-refractivity contribution in [2.24, 2.45) is 4.99 Å². The summed E-state index contributed by atoms with van der Waals surface area (Å²) in [6.45, 7) is 6.18. The Morgan fingerprint density at radius 2 is 1.82 bits per heavy atom. The van der Waals surface area contributed by atoms with Gasteiger partial charge < -0.3 is 9.47 Å². The first-order valence-corrected chi connectivity index (χ1v) is 15.4. The molecule has 1 aliphatic rings. The zero-order chi connectivity index (χ0) is 28.4. The summed E-state index contributed by atoms with van der Waals surface area (Å²) >= 11 is 7.11. The lowest BCUT2D eigenvalue weighted by molar-refractivity contribution is -0.139. The predicted octanol–water partition coefficient (Wildman–Crippen LogP) is 6.05. The number of aryl methyl sites for hydroxylation is 1. The van der Waals surface area contributed by atoms with E-state index in [4.69, 9.17) is 9.47 Å². The van der Waals surface area contributed by atoms with Gasteiger partial charge in [-0.1, -0.05) is 69.2 Å². The van der Waals surface area contributed by atoms with Crippen molar-refractivity contribution in [2.75, 3.05) is 6.61 Å². The van der Waals surface area contributed by atoms with Gasteiger partial charge in [0.25, 0.3) is 5.56 Å². The molecule has 0 saturated carbocycles. The molecule has 40 heavy (non-hydrogen) atoms. The number of fused-ring (bicyclic) bond motifs is 1. The summed E-state index contributed by atoms with van der Waals surface area (Å²) in [6, 6.07) is 21.1. The van der Waals surface area contributed by atoms with Crippen LogP contribution in [0.25, 0.3) is 6.08 Å². The third-order valence-electron chi connectivity index (χ3n) is 6.48. The third kappa shape index (κ3) is 6.01. The van der Waals surface area contributed by atoms with Crippen LogP contribution in [0.5, 0.6) is 5.75 Å². The molecule has 0 unspecified atom stereocenters. The smallest absolute Gasteiger partial charge is 0.338 e. The molecule has 1 atom stereocenters. The highest BCUT2D eigenvalue weighted by Gasteiger charge is 2.33. The van der Waals surface area contributed by atoms with Crippen LogP contribution in [0.1, 0.15) is 42.1 Å². The lowest BCUT2D eigenvalue weighted by atomic mass is 9.95. The summed E-state index contributed by atoms with van der Waals surface area (Å²) in [5.41, 5.74) is 4.40. The zero-order valence-electron chi connectivity index (χ0n) is 22.1. The van der Waals surface area contributed by atoms with Crippen LogP contribution in [-0.4, -0.2) is 17.1 Å². The van der Waals surface area contributed by atoms with Gasteiger partial charge >= 0.3 is 5.97 Å². The minimum absolute atomic E-state index is 0.229. The second-order valence-electron chi connectivity index (χ2n) is 9.31. The molecule has 6 nitrogen and oxygen atoms in total. The van der Waals surface area contributed by atoms with Crippen LogP contribution in [0.2, 0.25) is 0 Å². The first-order chi connectivity index (χ1) is 19.2. The molecular weight excluding hydrogens is 703 g/mol. The molecule has 5 rings (SSSR count). The van der Waals surface area contributed by atoms with Gasteiger partial charge in [0.1, 0.15) is 12.4 Å². The van der Waals surface area contributed by atoms with Gasteiger partial charge in [-0.25, -0.2) is 9.79 Å². The molecule has 3 aromatic carbocycles. The van der Waals surface area contributed by atoms with Crippen molar-refractivity contribution >= 4 is 61.9 Å². The van der Waals surface area contributed by atoms with Crippen molar-refractivity contribution in [1.82, 2.24) is 4.57 Å². The monoisotopic (exact) mass is 728 g/mol. The second-order valence-corrected chi connectivity index (χ2v) is 12.5. The van der Waals surface area contributed by atoms with Gasteiger partial charge in [-0.05, 0) is 90.9 Å². The van der Waals surface area contributed by atoms with E-state index >= 15 is 0 Å². The predicted molar refractivity (Wildman–Crippen MR) is 169 cm³/mol. The number of hydrogen-bond donors (Lipinski definition) is 0. The lowest BCUT2D eigenvalue weighted by Crippen LogP contribution is -2.39. The Kier molecular flexibility index (Phi) is 8.72. The Labute approximate surface area is 258 Å². The zero-order valence-corrected chi connectivity index (χ0v) is 26.7. The number of rotatable bonds is 7. The molecule has 0 fully saturated rings. The summed E-state index contributed by atoms with van der Waals surface area (Å²) in [5, 5.41) is 0. The fourth-order valence-electron chi connectivity index (χ4n) is 4.50. The van der Waals surface area contributed by atoms with Crippen LogP contribution < -0.4 is 19.6 Å². The molecule has 2 heterocycles. The van der Waals surface area contributed by atoms with E-state index in [0.29, 0.717) is 33.0 Å². The first kappa shape index (κ1) is 28.5. The average Bonchev–Trinajstić information content (AvgIpc) is 3.23. The number of aromatic nitrogens is 1. The first-order valence-electron chi connectivity index (χ1n) is 12.7. The van der Waals surface area contributed by atoms with Gasteiger partial charge in [0.05, 0.1) is 28.5 Å². The van der Waals surface area contributed by atoms with Gasteiger partial charge in [-0.3, -0.25) is 9.36 Å². The normalized spacial score (nSPS) is 15.0. The summed E-state index contributed by atoms with van der Waals surface area (Å²) in [5.74, 6) is 0.188. The fourth-order valence-corrected chi connectivity index (χ4v) is 6.28. The molecule has 1 aromatic heterocycles. The Balaban J connectivity index is 1.61. The molecule has 0 radical (unpaired) electrons. The summed E-state index contributed by atoms with van der Waals surface area (Å²) in [6.07, 6.45) is 1.83. The number of carbonyl (C=O) groups excluding carboxylic acids is 1. The number of hydrogen-bond acceptors (Lipinski definition) is 6. The van der Waals surface area contributed by atoms with E-state index in [1.807, 2.05) is 79.7 Å². The molecule has 9 heteroatoms. The number of allylic oxidation sites excluding steroid dienone is 1. The highest BCUT2D eigenvalue weighted by molar-refractivity contribution is 14.1. The molecule has 0 amide bonds. The van der Waals surface area contributed by atoms with Gasteiger partial charge in [-0.15, -0.1) is 0 Å². The molecule has 4 aromatic rings. The Morgan fingerprint density at radius 1 is 1.10 bits per heavy atom. The SMILES string of the molecule is CCOC(=O)C1=C(C)N=c2s/c(=C/c3cc(Br)ccc3OCc3ccc(I)cc3)c(=O)n2[C@H]1c1ccc(C)cc1. The minimum atomic E-state index is -0.642. The van der Waals surface area contributed by atoms with Gasteiger partial charge in [0, 0.05) is 13.6 Å². The van der Waals surface area contributed by atoms with Crippen molar-refractivity contribution in [3.8, 4) is 5.75 Å². The summed E-state index contributed by atoms with van der Waals surface area (Å²) < 4.78 is 15.7. The van der Waals surface area contributed by atoms with Crippen molar-refractivity contribution in [1.29, 1.82) is 0 Å². The van der Waals surface area contributed by atoms with Crippen LogP contribution >= 0.6 is 49.9 Å². The molecule has 204 valence electrons. The van der Waals surface area contributed by atoms with E-state index in [9.17, 15) is 9.59 Å². The minimum Gasteiger partial charge on any atom is -0.488 e. The summed E-state index contributed by atoms with van der Waals surface area (Å²) in [4.78, 5) is 32.2. The molecule has 0 spiro atoms. The topological polar surface area (TPSA) is 69.9 Å². The molecule has 0 aliphatic carbocycles. The Hall–Kier alpha value is -3.02. The number of nitrogens with zero attached hydrogens (tertiary/aromatic N) is 2. The van der Waals surface area contributed by atoms with Crippen molar-refractivity contribution in [3.63, 3.8) is 0 Å². The Morgan fingerprint density at radius 3 is 2.52 bits per heavy atom. The molecule has 0 N–H and O–H groups in total. The van der Waals surface area contributed by atoms with E-state index in [1.54, 1.807) is 18.4 Å². The van der Waals surface area contributed by atoms with Gasteiger partial charge in [0.2, 0.25) is 0 Å². The quantitative estimate of drug-likeness (QED) is 0.172. The van der Waals surface area contributed by atoms with Crippen molar-refractivity contribution in [2.45, 2.75) is 33.4 Å². The van der Waals surface area contributed by atoms with Crippen molar-refractivity contribution in [3.05, 3.63) is 128 Å². The van der Waals surface area contributed by atoms with E-state index in [1.165, 1.54) is 11.3 Å². The largest absolute Gasteiger partial charge is 0.488 e. The van der Waals surface area contributed by atoms with Crippen LogP contribution in [0.15, 0.2) is 92.3 Å². The van der Waals surface area contributed by atoms with E-state index < -0.39 is 12.0 Å². The number of benzene rings is 3. The average molecular weight is 729 g/mol. The number of halogens is 2. The van der Waals surface area contributed by atoms with Crippen LogP contribution in [0.4, 0.5) is 0 Å². The van der Waals surface area contributed by atoms with Gasteiger partial charge in [-0.2, -0.15) is 0 Å². The number of ether oxygens (including phenoxy) is 2. The maximum absolute atomic E-state index is 14.0. The molecular formula is C31H26BrIN2O4S. The maximum Gasteiger partial charge on any atom is 0.338 e. The van der Waals surface area contributed by atoms with Crippen LogP contribution in [0, 0.1) is 10.5 Å². The third-order valence-corrected chi connectivity index (χ3v) is 8.67. The van der Waals surface area contributed by atoms with E-state index in [2.05, 4.69) is 43.5 Å². The highest BCUT2D eigenvalue weighted by atomic mass is 127. The molecule has 0 bridgehead atoms. The van der Waals surface area contributed by atoms with Gasteiger partial charge in [0.15, 0.2) is 4.80 Å². The second kappa shape index (κ2) is 12.2. The number of carbonyl (C=O) groups is 1.